The summed E-state index contributed by atoms with van der Waals surface area (Å²) < 4.78 is 120. The number of hydrogen-bond donors (Lipinski definition) is 2. The summed E-state index contributed by atoms with van der Waals surface area (Å²) in [5, 5.41) is 0. The second-order valence-corrected chi connectivity index (χ2v) is 9.42. The van der Waals surface area contributed by atoms with Crippen LogP contribution in [0.4, 0.5) is 26.3 Å². The van der Waals surface area contributed by atoms with Gasteiger partial charge in [-0.3, -0.25) is 4.79 Å². The van der Waals surface area contributed by atoms with Crippen molar-refractivity contribution in [3.8, 4) is 0 Å². The molecule has 0 spiro atoms. The Morgan fingerprint density at radius 1 is 1.06 bits per heavy atom. The molecule has 2 N–H and O–H groups in total. The number of H-pyrrole nitrogens is 1. The van der Waals surface area contributed by atoms with Crippen LogP contribution in [0.1, 0.15) is 19.7 Å². The van der Waals surface area contributed by atoms with E-state index in [1.807, 2.05) is 31.7 Å². The number of halogens is 6. The fraction of sp³-hybridized carbons (Fsp3) is 0.692. The van der Waals surface area contributed by atoms with Gasteiger partial charge >= 0.3 is 37.0 Å². The van der Waals surface area contributed by atoms with E-state index >= 15 is 0 Å². The lowest BCUT2D eigenvalue weighted by atomic mass is 10.4. The van der Waals surface area contributed by atoms with Crippen LogP contribution in [0, 0.1) is 0 Å². The van der Waals surface area contributed by atoms with Crippen LogP contribution in [-0.4, -0.2) is 58.1 Å². The molecule has 0 atom stereocenters. The number of rotatable bonds is 8. The van der Waals surface area contributed by atoms with Crippen LogP contribution in [0.2, 0.25) is 0 Å². The first-order chi connectivity index (χ1) is 13.8. The van der Waals surface area contributed by atoms with Crippen molar-refractivity contribution in [3.05, 3.63) is 18.2 Å². The third-order valence-electron chi connectivity index (χ3n) is 2.91. The smallest absolute Gasteiger partial charge is 0.463 e. The van der Waals surface area contributed by atoms with Crippen molar-refractivity contribution in [2.45, 2.75) is 37.4 Å². The van der Waals surface area contributed by atoms with Gasteiger partial charge in [0.1, 0.15) is 25.4 Å². The molecule has 1 heterocycles. The van der Waals surface area contributed by atoms with Gasteiger partial charge in [0, 0.05) is 0 Å². The van der Waals surface area contributed by atoms with Crippen molar-refractivity contribution >= 4 is 26.0 Å². The number of hydrogen-bond acceptors (Lipinski definition) is 7. The van der Waals surface area contributed by atoms with Gasteiger partial charge in [-0.1, -0.05) is 4.13 Å². The number of aromatic nitrogens is 2. The highest BCUT2D eigenvalue weighted by Crippen LogP contribution is 2.27. The summed E-state index contributed by atoms with van der Waals surface area (Å²) in [7, 11) is -11.3. The standard InChI is InChI=1S/C11H18N2O3.C2HF6NO4S2/c1-9(2)15-6-7-16-11(14)8-10-12-4-5-13(10)3;3-1(4,5)14(10,11)9-15(12,13)2(6,7)8/h4-5,9H,6-8H2,1-3H3;9H/p+1. The molecule has 0 bridgehead atoms. The number of carbonyl (C=O) groups excluding carboxylic acids is 1. The SMILES string of the molecule is CC(C)OCCOC(=O)Cc1[nH]cc[n+]1C.O=S(=O)(NS(=O)(=O)C(F)(F)F)C(F)(F)F. The molecule has 0 aliphatic rings. The average molecular weight is 508 g/mol. The molecule has 1 aromatic rings. The molecule has 18 heteroatoms. The van der Waals surface area contributed by atoms with Gasteiger partial charge in [0.25, 0.3) is 5.82 Å². The minimum Gasteiger partial charge on any atom is -0.463 e. The van der Waals surface area contributed by atoms with E-state index in [0.29, 0.717) is 13.2 Å². The zero-order valence-electron chi connectivity index (χ0n) is 16.2. The van der Waals surface area contributed by atoms with Crippen molar-refractivity contribution in [2.24, 2.45) is 7.05 Å². The molecule has 0 fully saturated rings. The molecule has 31 heavy (non-hydrogen) atoms. The van der Waals surface area contributed by atoms with E-state index in [-0.39, 0.29) is 18.5 Å². The van der Waals surface area contributed by atoms with E-state index in [2.05, 4.69) is 4.98 Å². The average Bonchev–Trinajstić information content (AvgIpc) is 2.94. The van der Waals surface area contributed by atoms with Crippen LogP contribution in [0.3, 0.4) is 0 Å². The van der Waals surface area contributed by atoms with E-state index in [4.69, 9.17) is 9.47 Å². The Labute approximate surface area is 173 Å². The number of aromatic amines is 1. The predicted octanol–water partition coefficient (Wildman–Crippen LogP) is 0.625. The summed E-state index contributed by atoms with van der Waals surface area (Å²) in [6.07, 6.45) is 4.06. The minimum atomic E-state index is -6.60. The van der Waals surface area contributed by atoms with Crippen LogP contribution in [0.5, 0.6) is 0 Å². The Hall–Kier alpha value is -1.92. The summed E-state index contributed by atoms with van der Waals surface area (Å²) in [5.74, 6) is 0.584. The molecule has 0 radical (unpaired) electrons. The van der Waals surface area contributed by atoms with Gasteiger partial charge in [-0.25, -0.2) is 26.4 Å². The number of sulfonamides is 2. The van der Waals surface area contributed by atoms with Crippen LogP contribution in [0.25, 0.3) is 0 Å². The predicted molar refractivity (Wildman–Crippen MR) is 90.8 cm³/mol. The number of nitrogens with zero attached hydrogens (tertiary/aromatic N) is 1. The fourth-order valence-electron chi connectivity index (χ4n) is 1.48. The van der Waals surface area contributed by atoms with Gasteiger partial charge in [-0.05, 0) is 13.8 Å². The van der Waals surface area contributed by atoms with Gasteiger partial charge in [-0.2, -0.15) is 26.3 Å². The van der Waals surface area contributed by atoms with Crippen LogP contribution < -0.4 is 8.69 Å². The Morgan fingerprint density at radius 3 is 1.90 bits per heavy atom. The van der Waals surface area contributed by atoms with Crippen molar-refractivity contribution < 1.29 is 62.0 Å². The maximum atomic E-state index is 11.5. The van der Waals surface area contributed by atoms with E-state index in [9.17, 15) is 48.0 Å². The molecule has 0 aliphatic carbocycles. The van der Waals surface area contributed by atoms with Crippen LogP contribution >= 0.6 is 0 Å². The van der Waals surface area contributed by atoms with Crippen molar-refractivity contribution in [2.75, 3.05) is 13.2 Å². The number of esters is 1. The van der Waals surface area contributed by atoms with Gasteiger partial charge in [-0.15, -0.1) is 0 Å². The van der Waals surface area contributed by atoms with Crippen molar-refractivity contribution in [1.82, 2.24) is 9.11 Å². The van der Waals surface area contributed by atoms with E-state index in [1.54, 1.807) is 6.20 Å². The number of imidazole rings is 1. The normalized spacial score (nSPS) is 13.0. The van der Waals surface area contributed by atoms with Crippen LogP contribution in [-0.2, 0) is 47.8 Å². The van der Waals surface area contributed by atoms with Crippen molar-refractivity contribution in [1.29, 1.82) is 0 Å². The van der Waals surface area contributed by atoms with E-state index < -0.39 is 35.2 Å². The number of alkyl halides is 6. The number of ether oxygens (including phenoxy) is 2. The monoisotopic (exact) mass is 508 g/mol. The summed E-state index contributed by atoms with van der Waals surface area (Å²) in [6.45, 7) is 4.64. The van der Waals surface area contributed by atoms with Gasteiger partial charge in [0.05, 0.1) is 19.8 Å². The largest absolute Gasteiger partial charge is 0.512 e. The third kappa shape index (κ3) is 10.3. The molecule has 10 nitrogen and oxygen atoms in total. The highest BCUT2D eigenvalue weighted by Gasteiger charge is 2.55. The zero-order valence-corrected chi connectivity index (χ0v) is 17.9. The first kappa shape index (κ1) is 29.1. The fourth-order valence-corrected chi connectivity index (χ4v) is 3.39. The topological polar surface area (TPSA) is 136 Å². The number of aryl methyl sites for hydroxylation is 1. The lowest BCUT2D eigenvalue weighted by molar-refractivity contribution is -0.677. The highest BCUT2D eigenvalue weighted by atomic mass is 32.3. The Morgan fingerprint density at radius 2 is 1.55 bits per heavy atom. The lowest BCUT2D eigenvalue weighted by Crippen LogP contribution is -2.45. The molecule has 0 aliphatic heterocycles. The van der Waals surface area contributed by atoms with E-state index in [0.717, 1.165) is 5.82 Å². The molecule has 1 aromatic heterocycles. The summed E-state index contributed by atoms with van der Waals surface area (Å²) >= 11 is 0. The maximum absolute atomic E-state index is 11.5. The molecule has 1 rings (SSSR count). The summed E-state index contributed by atoms with van der Waals surface area (Å²) in [5.41, 5.74) is -12.3. The number of nitrogens with one attached hydrogen (secondary N) is 2. The summed E-state index contributed by atoms with van der Waals surface area (Å²) in [6, 6.07) is 0. The van der Waals surface area contributed by atoms with Crippen molar-refractivity contribution in [3.63, 3.8) is 0 Å². The molecular formula is C13H20F6N3O7S2+. The third-order valence-corrected chi connectivity index (χ3v) is 5.89. The second-order valence-electron chi connectivity index (χ2n) is 5.82. The molecule has 0 saturated carbocycles. The molecule has 0 aromatic carbocycles. The molecule has 0 saturated heterocycles. The molecular weight excluding hydrogens is 488 g/mol. The lowest BCUT2D eigenvalue weighted by Gasteiger charge is -2.11. The first-order valence-electron chi connectivity index (χ1n) is 8.00. The minimum absolute atomic E-state index is 0.167. The molecule has 0 amide bonds. The Kier molecular flexibility index (Phi) is 10.4. The quantitative estimate of drug-likeness (QED) is 0.228. The first-order valence-corrected chi connectivity index (χ1v) is 11.0. The number of carbonyl (C=O) groups is 1. The molecule has 182 valence electrons. The Balaban J connectivity index is 0.000000582. The van der Waals surface area contributed by atoms with Gasteiger partial charge in [0.2, 0.25) is 0 Å². The summed E-state index contributed by atoms with van der Waals surface area (Å²) in [4.78, 5) is 14.4. The zero-order chi connectivity index (χ0) is 24.7. The highest BCUT2D eigenvalue weighted by molar-refractivity contribution is 8.05. The maximum Gasteiger partial charge on any atom is 0.512 e. The molecule has 0 unspecified atom stereocenters. The van der Waals surface area contributed by atoms with Gasteiger partial charge < -0.3 is 9.47 Å². The van der Waals surface area contributed by atoms with E-state index in [1.165, 1.54) is 0 Å². The van der Waals surface area contributed by atoms with Crippen LogP contribution in [0.15, 0.2) is 12.4 Å². The Bertz CT molecular complexity index is 882. The van der Waals surface area contributed by atoms with Gasteiger partial charge in [0.15, 0.2) is 0 Å². The second kappa shape index (κ2) is 11.1.